The molecule has 0 aromatic heterocycles. The van der Waals surface area contributed by atoms with Crippen molar-refractivity contribution >= 4 is 11.6 Å². The van der Waals surface area contributed by atoms with Crippen molar-refractivity contribution in [1.29, 1.82) is 0 Å². The van der Waals surface area contributed by atoms with Crippen LogP contribution in [0.15, 0.2) is 24.3 Å². The second kappa shape index (κ2) is 3.89. The number of nitrogens with zero attached hydrogens (tertiary/aromatic N) is 1. The van der Waals surface area contributed by atoms with Crippen LogP contribution in [0.5, 0.6) is 0 Å². The summed E-state index contributed by atoms with van der Waals surface area (Å²) in [6.45, 7) is 2.16. The Kier molecular flexibility index (Phi) is 2.77. The highest BCUT2D eigenvalue weighted by Crippen LogP contribution is 2.32. The topological polar surface area (TPSA) is 12.5 Å². The molecule has 0 saturated carbocycles. The van der Waals surface area contributed by atoms with E-state index in [4.69, 9.17) is 16.4 Å². The largest absolute Gasteiger partial charge is 0.291 e. The van der Waals surface area contributed by atoms with E-state index in [0.717, 1.165) is 11.4 Å². The van der Waals surface area contributed by atoms with E-state index >= 15 is 0 Å². The zero-order valence-corrected chi connectivity index (χ0v) is 9.16. The van der Waals surface area contributed by atoms with Crippen LogP contribution >= 0.6 is 11.6 Å². The maximum atomic E-state index is 5.82. The number of hydroxylamine groups is 2. The molecule has 2 nitrogen and oxygen atoms in total. The van der Waals surface area contributed by atoms with Gasteiger partial charge >= 0.3 is 0 Å². The van der Waals surface area contributed by atoms with Crippen LogP contribution in [0.3, 0.4) is 0 Å². The molecule has 2 rings (SSSR count). The van der Waals surface area contributed by atoms with Crippen molar-refractivity contribution in [2.75, 3.05) is 7.05 Å². The van der Waals surface area contributed by atoms with Gasteiger partial charge < -0.3 is 0 Å². The number of hydrogen-bond acceptors (Lipinski definition) is 2. The van der Waals surface area contributed by atoms with E-state index in [1.54, 1.807) is 0 Å². The molecule has 1 aromatic carbocycles. The van der Waals surface area contributed by atoms with Gasteiger partial charge in [-0.3, -0.25) is 4.84 Å². The van der Waals surface area contributed by atoms with Gasteiger partial charge in [0.15, 0.2) is 0 Å². The third kappa shape index (κ3) is 1.92. The smallest absolute Gasteiger partial charge is 0.106 e. The van der Waals surface area contributed by atoms with Gasteiger partial charge in [-0.15, -0.1) is 0 Å². The third-order valence-electron chi connectivity index (χ3n) is 2.71. The van der Waals surface area contributed by atoms with Crippen molar-refractivity contribution in [2.45, 2.75) is 25.5 Å². The summed E-state index contributed by atoms with van der Waals surface area (Å²) in [5.41, 5.74) is 1.20. The van der Waals surface area contributed by atoms with E-state index in [9.17, 15) is 0 Å². The van der Waals surface area contributed by atoms with E-state index in [0.29, 0.717) is 6.04 Å². The van der Waals surface area contributed by atoms with Gasteiger partial charge in [-0.1, -0.05) is 23.7 Å². The van der Waals surface area contributed by atoms with Crippen LogP contribution < -0.4 is 0 Å². The van der Waals surface area contributed by atoms with Crippen LogP contribution in [0.4, 0.5) is 0 Å². The molecule has 2 unspecified atom stereocenters. The summed E-state index contributed by atoms with van der Waals surface area (Å²) in [6.07, 6.45) is 1.23. The van der Waals surface area contributed by atoms with Crippen molar-refractivity contribution in [3.8, 4) is 0 Å². The summed E-state index contributed by atoms with van der Waals surface area (Å²) in [7, 11) is 1.97. The summed E-state index contributed by atoms with van der Waals surface area (Å²) >= 11 is 5.82. The number of hydrogen-bond donors (Lipinski definition) is 0. The first-order chi connectivity index (χ1) is 6.66. The standard InChI is InChI=1S/C11H14ClNO/c1-8-7-11(14-13(8)2)9-3-5-10(12)6-4-9/h3-6,8,11H,7H2,1-2H3. The molecular weight excluding hydrogens is 198 g/mol. The first kappa shape index (κ1) is 9.97. The molecule has 14 heavy (non-hydrogen) atoms. The van der Waals surface area contributed by atoms with Gasteiger partial charge in [-0.2, -0.15) is 5.06 Å². The average Bonchev–Trinajstić information content (AvgIpc) is 2.48. The van der Waals surface area contributed by atoms with E-state index in [1.165, 1.54) is 5.56 Å². The molecule has 1 saturated heterocycles. The molecule has 1 heterocycles. The number of halogens is 1. The minimum Gasteiger partial charge on any atom is -0.291 e. The number of benzene rings is 1. The minimum absolute atomic E-state index is 0.187. The highest BCUT2D eigenvalue weighted by Gasteiger charge is 2.28. The lowest BCUT2D eigenvalue weighted by atomic mass is 10.0. The second-order valence-electron chi connectivity index (χ2n) is 3.78. The highest BCUT2D eigenvalue weighted by molar-refractivity contribution is 6.30. The van der Waals surface area contributed by atoms with Gasteiger partial charge in [0.2, 0.25) is 0 Å². The molecular formula is C11H14ClNO. The lowest BCUT2D eigenvalue weighted by molar-refractivity contribution is -0.142. The van der Waals surface area contributed by atoms with E-state index in [-0.39, 0.29) is 6.10 Å². The fourth-order valence-electron chi connectivity index (χ4n) is 1.68. The maximum absolute atomic E-state index is 5.82. The summed E-state index contributed by atoms with van der Waals surface area (Å²) < 4.78 is 0. The Balaban J connectivity index is 2.13. The molecule has 0 radical (unpaired) electrons. The first-order valence-electron chi connectivity index (χ1n) is 4.82. The van der Waals surface area contributed by atoms with Gasteiger partial charge in [0, 0.05) is 18.1 Å². The highest BCUT2D eigenvalue weighted by atomic mass is 35.5. The molecule has 0 N–H and O–H groups in total. The van der Waals surface area contributed by atoms with Gasteiger partial charge in [-0.25, -0.2) is 0 Å². The monoisotopic (exact) mass is 211 g/mol. The predicted octanol–water partition coefficient (Wildman–Crippen LogP) is 3.04. The Morgan fingerprint density at radius 3 is 2.50 bits per heavy atom. The SMILES string of the molecule is CC1CC(c2ccc(Cl)cc2)ON1C. The van der Waals surface area contributed by atoms with Crippen molar-refractivity contribution in [2.24, 2.45) is 0 Å². The molecule has 1 aromatic rings. The van der Waals surface area contributed by atoms with Gasteiger partial charge in [-0.05, 0) is 31.0 Å². The zero-order valence-electron chi connectivity index (χ0n) is 8.40. The lowest BCUT2D eigenvalue weighted by Gasteiger charge is -2.13. The van der Waals surface area contributed by atoms with Gasteiger partial charge in [0.1, 0.15) is 6.10 Å². The average molecular weight is 212 g/mol. The summed E-state index contributed by atoms with van der Waals surface area (Å²) in [5.74, 6) is 0. The van der Waals surface area contributed by atoms with Crippen LogP contribution in [-0.4, -0.2) is 18.2 Å². The van der Waals surface area contributed by atoms with Crippen LogP contribution in [-0.2, 0) is 4.84 Å². The normalized spacial score (nSPS) is 28.2. The molecule has 1 aliphatic rings. The van der Waals surface area contributed by atoms with Crippen molar-refractivity contribution in [1.82, 2.24) is 5.06 Å². The van der Waals surface area contributed by atoms with Crippen molar-refractivity contribution in [3.05, 3.63) is 34.9 Å². The molecule has 0 amide bonds. The Morgan fingerprint density at radius 1 is 1.36 bits per heavy atom. The molecule has 3 heteroatoms. The Morgan fingerprint density at radius 2 is 2.00 bits per heavy atom. The van der Waals surface area contributed by atoms with Crippen LogP contribution in [0.2, 0.25) is 5.02 Å². The van der Waals surface area contributed by atoms with E-state index in [2.05, 4.69) is 6.92 Å². The fourth-order valence-corrected chi connectivity index (χ4v) is 1.81. The van der Waals surface area contributed by atoms with E-state index in [1.807, 2.05) is 36.4 Å². The van der Waals surface area contributed by atoms with E-state index < -0.39 is 0 Å². The van der Waals surface area contributed by atoms with Crippen LogP contribution in [0.1, 0.15) is 25.0 Å². The lowest BCUT2D eigenvalue weighted by Crippen LogP contribution is -2.19. The quantitative estimate of drug-likeness (QED) is 0.708. The number of rotatable bonds is 1. The minimum atomic E-state index is 0.187. The van der Waals surface area contributed by atoms with Crippen LogP contribution in [0, 0.1) is 0 Å². The van der Waals surface area contributed by atoms with Gasteiger partial charge in [0.25, 0.3) is 0 Å². The summed E-state index contributed by atoms with van der Waals surface area (Å²) in [6, 6.07) is 8.35. The third-order valence-corrected chi connectivity index (χ3v) is 2.96. The summed E-state index contributed by atoms with van der Waals surface area (Å²) in [5, 5.41) is 2.69. The molecule has 1 aliphatic heterocycles. The molecule has 1 fully saturated rings. The molecule has 0 aliphatic carbocycles. The van der Waals surface area contributed by atoms with Crippen LogP contribution in [0.25, 0.3) is 0 Å². The Hall–Kier alpha value is -0.570. The first-order valence-corrected chi connectivity index (χ1v) is 5.19. The maximum Gasteiger partial charge on any atom is 0.106 e. The Bertz CT molecular complexity index is 302. The molecule has 76 valence electrons. The second-order valence-corrected chi connectivity index (χ2v) is 4.21. The molecule has 2 atom stereocenters. The molecule has 0 spiro atoms. The van der Waals surface area contributed by atoms with Crippen molar-refractivity contribution in [3.63, 3.8) is 0 Å². The zero-order chi connectivity index (χ0) is 10.1. The summed E-state index contributed by atoms with van der Waals surface area (Å²) in [4.78, 5) is 5.69. The fraction of sp³-hybridized carbons (Fsp3) is 0.455. The van der Waals surface area contributed by atoms with Gasteiger partial charge in [0.05, 0.1) is 0 Å². The Labute approximate surface area is 89.4 Å². The predicted molar refractivity (Wildman–Crippen MR) is 57.1 cm³/mol. The molecule has 0 bridgehead atoms. The van der Waals surface area contributed by atoms with Crippen molar-refractivity contribution < 1.29 is 4.84 Å².